The van der Waals surface area contributed by atoms with Crippen LogP contribution < -0.4 is 5.73 Å². The van der Waals surface area contributed by atoms with Crippen LogP contribution >= 0.6 is 0 Å². The molecule has 0 aromatic heterocycles. The average molecular weight is 297 g/mol. The van der Waals surface area contributed by atoms with E-state index in [1.807, 2.05) is 4.90 Å². The van der Waals surface area contributed by atoms with Gasteiger partial charge in [0.1, 0.15) is 0 Å². The van der Waals surface area contributed by atoms with Crippen molar-refractivity contribution in [1.29, 1.82) is 0 Å². The zero-order valence-electron chi connectivity index (χ0n) is 13.4. The molecule has 2 unspecified atom stereocenters. The molecule has 2 N–H and O–H groups in total. The van der Waals surface area contributed by atoms with Crippen LogP contribution in [0.25, 0.3) is 0 Å². The molecular formula is C16H31N3O2. The number of nitrogens with two attached hydrogens (primary N) is 1. The van der Waals surface area contributed by atoms with E-state index >= 15 is 0 Å². The van der Waals surface area contributed by atoms with Crippen molar-refractivity contribution in [2.45, 2.75) is 45.1 Å². The first-order valence-electron chi connectivity index (χ1n) is 8.51. The summed E-state index contributed by atoms with van der Waals surface area (Å²) < 4.78 is 5.70. The monoisotopic (exact) mass is 297 g/mol. The quantitative estimate of drug-likeness (QED) is 0.797. The highest BCUT2D eigenvalue weighted by atomic mass is 16.5. The van der Waals surface area contributed by atoms with Crippen LogP contribution in [0.3, 0.4) is 0 Å². The average Bonchev–Trinajstić information content (AvgIpc) is 2.54. The summed E-state index contributed by atoms with van der Waals surface area (Å²) >= 11 is 0. The van der Waals surface area contributed by atoms with Gasteiger partial charge in [0.15, 0.2) is 0 Å². The minimum atomic E-state index is 0.302. The van der Waals surface area contributed by atoms with Crippen molar-refractivity contribution in [3.63, 3.8) is 0 Å². The molecule has 2 rings (SSSR count). The maximum Gasteiger partial charge on any atom is 0.222 e. The van der Waals surface area contributed by atoms with Gasteiger partial charge in [-0.1, -0.05) is 6.92 Å². The summed E-state index contributed by atoms with van der Waals surface area (Å²) in [6, 6.07) is 0. The van der Waals surface area contributed by atoms with Gasteiger partial charge in [0.25, 0.3) is 0 Å². The predicted molar refractivity (Wildman–Crippen MR) is 84.1 cm³/mol. The van der Waals surface area contributed by atoms with Crippen molar-refractivity contribution in [3.05, 3.63) is 0 Å². The number of carbonyl (C=O) groups excluding carboxylic acids is 1. The maximum atomic E-state index is 12.3. The molecule has 0 aromatic rings. The highest BCUT2D eigenvalue weighted by molar-refractivity contribution is 5.76. The summed E-state index contributed by atoms with van der Waals surface area (Å²) in [4.78, 5) is 16.7. The second kappa shape index (κ2) is 8.71. The smallest absolute Gasteiger partial charge is 0.222 e. The van der Waals surface area contributed by atoms with Crippen LogP contribution in [0.5, 0.6) is 0 Å². The summed E-state index contributed by atoms with van der Waals surface area (Å²) in [6.07, 6.45) is 5.39. The van der Waals surface area contributed by atoms with Crippen LogP contribution in [0.15, 0.2) is 0 Å². The molecule has 1 amide bonds. The molecule has 2 aliphatic rings. The highest BCUT2D eigenvalue weighted by Gasteiger charge is 2.23. The summed E-state index contributed by atoms with van der Waals surface area (Å²) in [5, 5.41) is 0. The molecular weight excluding hydrogens is 266 g/mol. The van der Waals surface area contributed by atoms with Gasteiger partial charge in [0.2, 0.25) is 5.91 Å². The Kier molecular flexibility index (Phi) is 6.93. The lowest BCUT2D eigenvalue weighted by atomic mass is 10.0. The van der Waals surface area contributed by atoms with Crippen molar-refractivity contribution in [3.8, 4) is 0 Å². The summed E-state index contributed by atoms with van der Waals surface area (Å²) in [7, 11) is 0. The SMILES string of the molecule is CC(CN)CN1CCN(C(=O)CCC2CCCCO2)CC1. The first kappa shape index (κ1) is 16.7. The van der Waals surface area contributed by atoms with Crippen molar-refractivity contribution in [2.75, 3.05) is 45.9 Å². The Bertz CT molecular complexity index is 311. The van der Waals surface area contributed by atoms with Gasteiger partial charge in [0, 0.05) is 45.8 Å². The summed E-state index contributed by atoms with van der Waals surface area (Å²) in [5.74, 6) is 0.839. The summed E-state index contributed by atoms with van der Waals surface area (Å²) in [5.41, 5.74) is 5.67. The molecule has 2 heterocycles. The van der Waals surface area contributed by atoms with Crippen LogP contribution in [0.1, 0.15) is 39.0 Å². The Morgan fingerprint density at radius 2 is 2.05 bits per heavy atom. The van der Waals surface area contributed by atoms with Gasteiger partial charge in [0.05, 0.1) is 6.10 Å². The zero-order chi connectivity index (χ0) is 15.1. The third-order valence-corrected chi connectivity index (χ3v) is 4.65. The third-order valence-electron chi connectivity index (χ3n) is 4.65. The van der Waals surface area contributed by atoms with Crippen molar-refractivity contribution >= 4 is 5.91 Å². The molecule has 2 saturated heterocycles. The molecule has 0 bridgehead atoms. The maximum absolute atomic E-state index is 12.3. The number of amides is 1. The molecule has 0 radical (unpaired) electrons. The topological polar surface area (TPSA) is 58.8 Å². The number of ether oxygens (including phenoxy) is 1. The summed E-state index contributed by atoms with van der Waals surface area (Å²) in [6.45, 7) is 8.53. The Labute approximate surface area is 128 Å². The van der Waals surface area contributed by atoms with Gasteiger partial charge in [-0.05, 0) is 38.1 Å². The van der Waals surface area contributed by atoms with Gasteiger partial charge in [-0.2, -0.15) is 0 Å². The van der Waals surface area contributed by atoms with E-state index in [2.05, 4.69) is 11.8 Å². The molecule has 0 aromatic carbocycles. The molecule has 2 fully saturated rings. The second-order valence-corrected chi connectivity index (χ2v) is 6.55. The van der Waals surface area contributed by atoms with E-state index in [1.54, 1.807) is 0 Å². The predicted octanol–water partition coefficient (Wildman–Crippen LogP) is 1.07. The Hall–Kier alpha value is -0.650. The molecule has 5 nitrogen and oxygen atoms in total. The number of hydrogen-bond donors (Lipinski definition) is 1. The Balaban J connectivity index is 1.63. The number of nitrogens with zero attached hydrogens (tertiary/aromatic N) is 2. The number of carbonyl (C=O) groups is 1. The lowest BCUT2D eigenvalue weighted by Gasteiger charge is -2.36. The number of hydrogen-bond acceptors (Lipinski definition) is 4. The fourth-order valence-electron chi connectivity index (χ4n) is 3.17. The van der Waals surface area contributed by atoms with Crippen LogP contribution in [0.4, 0.5) is 0 Å². The molecule has 122 valence electrons. The zero-order valence-corrected chi connectivity index (χ0v) is 13.4. The number of piperazine rings is 1. The molecule has 0 spiro atoms. The first-order chi connectivity index (χ1) is 10.2. The van der Waals surface area contributed by atoms with Crippen LogP contribution in [0, 0.1) is 5.92 Å². The van der Waals surface area contributed by atoms with Gasteiger partial charge < -0.3 is 15.4 Å². The van der Waals surface area contributed by atoms with Crippen LogP contribution in [0.2, 0.25) is 0 Å². The normalized spacial score (nSPS) is 25.8. The fourth-order valence-corrected chi connectivity index (χ4v) is 3.17. The molecule has 0 aliphatic carbocycles. The van der Waals surface area contributed by atoms with Gasteiger partial charge in [-0.3, -0.25) is 9.69 Å². The van der Waals surface area contributed by atoms with E-state index in [0.29, 0.717) is 24.3 Å². The van der Waals surface area contributed by atoms with E-state index < -0.39 is 0 Å². The first-order valence-corrected chi connectivity index (χ1v) is 8.51. The minimum absolute atomic E-state index is 0.302. The molecule has 0 saturated carbocycles. The van der Waals surface area contributed by atoms with Crippen LogP contribution in [-0.4, -0.2) is 67.7 Å². The second-order valence-electron chi connectivity index (χ2n) is 6.55. The lowest BCUT2D eigenvalue weighted by molar-refractivity contribution is -0.134. The molecule has 2 atom stereocenters. The third kappa shape index (κ3) is 5.57. The minimum Gasteiger partial charge on any atom is -0.378 e. The highest BCUT2D eigenvalue weighted by Crippen LogP contribution is 2.18. The van der Waals surface area contributed by atoms with Gasteiger partial charge in [-0.15, -0.1) is 0 Å². The van der Waals surface area contributed by atoms with E-state index in [4.69, 9.17) is 10.5 Å². The van der Waals surface area contributed by atoms with E-state index in [1.165, 1.54) is 12.8 Å². The molecule has 2 aliphatic heterocycles. The molecule has 5 heteroatoms. The standard InChI is InChI=1S/C16H31N3O2/c1-14(12-17)13-18-7-9-19(10-8-18)16(20)6-5-15-4-2-3-11-21-15/h14-15H,2-13,17H2,1H3. The van der Waals surface area contributed by atoms with Crippen molar-refractivity contribution in [2.24, 2.45) is 11.7 Å². The van der Waals surface area contributed by atoms with E-state index in [-0.39, 0.29) is 0 Å². The lowest BCUT2D eigenvalue weighted by Crippen LogP contribution is -2.50. The van der Waals surface area contributed by atoms with Gasteiger partial charge >= 0.3 is 0 Å². The van der Waals surface area contributed by atoms with Crippen LogP contribution in [-0.2, 0) is 9.53 Å². The fraction of sp³-hybridized carbons (Fsp3) is 0.938. The van der Waals surface area contributed by atoms with Gasteiger partial charge in [-0.25, -0.2) is 0 Å². The van der Waals surface area contributed by atoms with E-state index in [0.717, 1.165) is 58.7 Å². The Morgan fingerprint density at radius 3 is 2.67 bits per heavy atom. The van der Waals surface area contributed by atoms with Crippen molar-refractivity contribution in [1.82, 2.24) is 9.80 Å². The molecule has 21 heavy (non-hydrogen) atoms. The van der Waals surface area contributed by atoms with E-state index in [9.17, 15) is 4.79 Å². The Morgan fingerprint density at radius 1 is 1.29 bits per heavy atom. The van der Waals surface area contributed by atoms with Crippen molar-refractivity contribution < 1.29 is 9.53 Å². The number of rotatable bonds is 6. The largest absolute Gasteiger partial charge is 0.378 e.